The Balaban J connectivity index is 1.52. The number of benzene rings is 6. The number of furan rings is 1. The van der Waals surface area contributed by atoms with E-state index in [1.807, 2.05) is 11.3 Å². The molecule has 8 aromatic rings. The van der Waals surface area contributed by atoms with Gasteiger partial charge >= 0.3 is 0 Å². The lowest BCUT2D eigenvalue weighted by molar-refractivity contribution is 0.419. The Morgan fingerprint density at radius 3 is 1.37 bits per heavy atom. The Labute approximate surface area is 239 Å². The molecule has 0 bridgehead atoms. The van der Waals surface area contributed by atoms with Crippen molar-refractivity contribution in [2.45, 2.75) is 17.3 Å². The average molecular weight is 537 g/mol. The average Bonchev–Trinajstić information content (AvgIpc) is 3.71. The molecule has 12 rings (SSSR count). The molecule has 2 unspecified atom stereocenters. The van der Waals surface area contributed by atoms with Crippen molar-refractivity contribution in [2.75, 3.05) is 0 Å². The molecule has 0 radical (unpaired) electrons. The summed E-state index contributed by atoms with van der Waals surface area (Å²) in [6, 6.07) is 42.1. The molecule has 2 heteroatoms. The van der Waals surface area contributed by atoms with Gasteiger partial charge in [-0.2, -0.15) is 0 Å². The SMILES string of the molecule is c1cc2c3c(c1)C14c5cccc6oc7cccc(c7c56)C1(c1cccc(c1-3)C2)c1cccc2sc3cccc4c3c12. The van der Waals surface area contributed by atoms with Gasteiger partial charge in [0.1, 0.15) is 11.2 Å². The Bertz CT molecular complexity index is 2280. The summed E-state index contributed by atoms with van der Waals surface area (Å²) in [6.45, 7) is 0. The van der Waals surface area contributed by atoms with E-state index in [1.165, 1.54) is 86.6 Å². The van der Waals surface area contributed by atoms with Crippen LogP contribution in [0, 0.1) is 0 Å². The molecule has 2 heterocycles. The molecule has 0 fully saturated rings. The molecule has 2 atom stereocenters. The number of thiophene rings is 1. The third-order valence-corrected chi connectivity index (χ3v) is 12.1. The van der Waals surface area contributed by atoms with Crippen LogP contribution in [0.5, 0.6) is 0 Å². The quantitative estimate of drug-likeness (QED) is 0.188. The summed E-state index contributed by atoms with van der Waals surface area (Å²) >= 11 is 1.94. The van der Waals surface area contributed by atoms with Crippen LogP contribution < -0.4 is 0 Å². The number of rotatable bonds is 0. The minimum absolute atomic E-state index is 0.444. The predicted molar refractivity (Wildman–Crippen MR) is 167 cm³/mol. The Morgan fingerprint density at radius 2 is 0.854 bits per heavy atom. The van der Waals surface area contributed by atoms with Gasteiger partial charge in [-0.3, -0.25) is 0 Å². The second-order valence-electron chi connectivity index (χ2n) is 12.3. The summed E-state index contributed by atoms with van der Waals surface area (Å²) in [5, 5.41) is 5.44. The molecule has 188 valence electrons. The Kier molecular flexibility index (Phi) is 3.04. The molecule has 0 saturated heterocycles. The second-order valence-corrected chi connectivity index (χ2v) is 13.4. The minimum atomic E-state index is -0.444. The van der Waals surface area contributed by atoms with Crippen molar-refractivity contribution in [3.8, 4) is 11.1 Å². The fourth-order valence-corrected chi connectivity index (χ4v) is 11.1. The fourth-order valence-electron chi connectivity index (χ4n) is 9.98. The molecule has 6 aromatic carbocycles. The largest absolute Gasteiger partial charge is 0.456 e. The zero-order valence-corrected chi connectivity index (χ0v) is 22.7. The van der Waals surface area contributed by atoms with Crippen LogP contribution in [0.3, 0.4) is 0 Å². The molecular weight excluding hydrogens is 516 g/mol. The van der Waals surface area contributed by atoms with Gasteiger partial charge in [-0.15, -0.1) is 11.3 Å². The highest BCUT2D eigenvalue weighted by Crippen LogP contribution is 2.74. The van der Waals surface area contributed by atoms with Crippen molar-refractivity contribution in [3.05, 3.63) is 154 Å². The molecule has 2 aromatic heterocycles. The van der Waals surface area contributed by atoms with E-state index in [9.17, 15) is 0 Å². The Morgan fingerprint density at radius 1 is 0.439 bits per heavy atom. The summed E-state index contributed by atoms with van der Waals surface area (Å²) in [5.41, 5.74) is 15.5. The van der Waals surface area contributed by atoms with Crippen molar-refractivity contribution < 1.29 is 4.42 Å². The van der Waals surface area contributed by atoms with E-state index >= 15 is 0 Å². The van der Waals surface area contributed by atoms with Gasteiger partial charge < -0.3 is 4.42 Å². The molecule has 0 saturated carbocycles. The van der Waals surface area contributed by atoms with Gasteiger partial charge in [0.05, 0.1) is 10.8 Å². The molecule has 41 heavy (non-hydrogen) atoms. The van der Waals surface area contributed by atoms with Gasteiger partial charge in [-0.05, 0) is 86.3 Å². The van der Waals surface area contributed by atoms with Gasteiger partial charge in [0, 0.05) is 30.9 Å². The second kappa shape index (κ2) is 6.15. The zero-order chi connectivity index (χ0) is 26.2. The lowest BCUT2D eigenvalue weighted by Crippen LogP contribution is -2.57. The first-order chi connectivity index (χ1) is 20.3. The van der Waals surface area contributed by atoms with Gasteiger partial charge in [0.15, 0.2) is 0 Å². The lowest BCUT2D eigenvalue weighted by Gasteiger charge is -2.60. The van der Waals surface area contributed by atoms with E-state index in [-0.39, 0.29) is 0 Å². The van der Waals surface area contributed by atoms with Crippen LogP contribution in [0.25, 0.3) is 53.2 Å². The van der Waals surface area contributed by atoms with Crippen LogP contribution in [-0.4, -0.2) is 0 Å². The molecule has 0 aliphatic heterocycles. The third-order valence-electron chi connectivity index (χ3n) is 11.0. The molecule has 4 aliphatic carbocycles. The first-order valence-electron chi connectivity index (χ1n) is 14.5. The molecule has 0 amide bonds. The van der Waals surface area contributed by atoms with Crippen LogP contribution in [-0.2, 0) is 17.3 Å². The van der Waals surface area contributed by atoms with E-state index in [0.717, 1.165) is 17.6 Å². The minimum Gasteiger partial charge on any atom is -0.456 e. The van der Waals surface area contributed by atoms with Crippen LogP contribution in [0.1, 0.15) is 44.5 Å². The van der Waals surface area contributed by atoms with Crippen LogP contribution in [0.15, 0.2) is 114 Å². The summed E-state index contributed by atoms with van der Waals surface area (Å²) in [5.74, 6) is 0. The lowest BCUT2D eigenvalue weighted by atomic mass is 9.40. The molecule has 4 aliphatic rings. The van der Waals surface area contributed by atoms with Gasteiger partial charge in [-0.1, -0.05) is 84.9 Å². The standard InChI is InChI=1S/C39H20OS/c1-7-20-19-21-8-2-10-23-33(21)32(20)22(9-1)38-24-11-3-15-28-34(24)35-25(12-4-16-29(35)40-28)39(23,38)27-14-6-18-31-37(27)36-26(38)13-5-17-30(36)41-31/h1-18H,19H2. The smallest absolute Gasteiger partial charge is 0.135 e. The van der Waals surface area contributed by atoms with Crippen LogP contribution in [0.4, 0.5) is 0 Å². The van der Waals surface area contributed by atoms with E-state index < -0.39 is 10.8 Å². The molecule has 0 spiro atoms. The highest BCUT2D eigenvalue weighted by atomic mass is 32.1. The third kappa shape index (κ3) is 1.79. The molecule has 0 N–H and O–H groups in total. The maximum atomic E-state index is 6.68. The molecular formula is C39H20OS. The summed E-state index contributed by atoms with van der Waals surface area (Å²) < 4.78 is 9.43. The van der Waals surface area contributed by atoms with E-state index in [0.29, 0.717) is 0 Å². The highest BCUT2D eigenvalue weighted by Gasteiger charge is 2.67. The van der Waals surface area contributed by atoms with Gasteiger partial charge in [-0.25, -0.2) is 0 Å². The summed E-state index contributed by atoms with van der Waals surface area (Å²) in [4.78, 5) is 0. The monoisotopic (exact) mass is 536 g/mol. The van der Waals surface area contributed by atoms with Gasteiger partial charge in [0.25, 0.3) is 0 Å². The normalized spacial score (nSPS) is 21.8. The van der Waals surface area contributed by atoms with Crippen molar-refractivity contribution in [3.63, 3.8) is 0 Å². The first-order valence-corrected chi connectivity index (χ1v) is 15.3. The summed E-state index contributed by atoms with van der Waals surface area (Å²) in [7, 11) is 0. The highest BCUT2D eigenvalue weighted by molar-refractivity contribution is 7.25. The van der Waals surface area contributed by atoms with Crippen LogP contribution in [0.2, 0.25) is 0 Å². The van der Waals surface area contributed by atoms with Crippen molar-refractivity contribution >= 4 is 53.4 Å². The van der Waals surface area contributed by atoms with Gasteiger partial charge in [0.2, 0.25) is 0 Å². The van der Waals surface area contributed by atoms with E-state index in [4.69, 9.17) is 4.42 Å². The van der Waals surface area contributed by atoms with Crippen molar-refractivity contribution in [1.29, 1.82) is 0 Å². The van der Waals surface area contributed by atoms with Crippen LogP contribution >= 0.6 is 11.3 Å². The fraction of sp³-hybridized carbons (Fsp3) is 0.0769. The predicted octanol–water partition coefficient (Wildman–Crippen LogP) is 9.83. The van der Waals surface area contributed by atoms with Crippen molar-refractivity contribution in [2.24, 2.45) is 0 Å². The number of hydrogen-bond acceptors (Lipinski definition) is 2. The molecule has 1 nitrogen and oxygen atoms in total. The van der Waals surface area contributed by atoms with E-state index in [2.05, 4.69) is 109 Å². The van der Waals surface area contributed by atoms with Crippen molar-refractivity contribution in [1.82, 2.24) is 0 Å². The first kappa shape index (κ1) is 20.3. The topological polar surface area (TPSA) is 13.1 Å². The number of hydrogen-bond donors (Lipinski definition) is 0. The maximum absolute atomic E-state index is 6.68. The maximum Gasteiger partial charge on any atom is 0.135 e. The zero-order valence-electron chi connectivity index (χ0n) is 21.9. The Hall–Kier alpha value is -4.66. The summed E-state index contributed by atoms with van der Waals surface area (Å²) in [6.07, 6.45) is 0.997. The van der Waals surface area contributed by atoms with E-state index in [1.54, 1.807) is 0 Å².